The predicted octanol–water partition coefficient (Wildman–Crippen LogP) is 3.19. The first-order chi connectivity index (χ1) is 8.05. The van der Waals surface area contributed by atoms with Crippen LogP contribution in [0.3, 0.4) is 0 Å². The van der Waals surface area contributed by atoms with Crippen LogP contribution in [0.4, 0.5) is 0 Å². The van der Waals surface area contributed by atoms with Crippen LogP contribution in [0.1, 0.15) is 53.9 Å². The van der Waals surface area contributed by atoms with E-state index in [1.165, 1.54) is 19.3 Å². The zero-order chi connectivity index (χ0) is 13.1. The molecule has 1 aliphatic rings. The van der Waals surface area contributed by atoms with Gasteiger partial charge in [0.2, 0.25) is 0 Å². The van der Waals surface area contributed by atoms with Gasteiger partial charge in [-0.15, -0.1) is 0 Å². The fourth-order valence-electron chi connectivity index (χ4n) is 1.45. The van der Waals surface area contributed by atoms with Crippen molar-refractivity contribution in [2.45, 2.75) is 59.7 Å². The lowest BCUT2D eigenvalue weighted by Crippen LogP contribution is -2.42. The highest BCUT2D eigenvalue weighted by Crippen LogP contribution is 2.19. The van der Waals surface area contributed by atoms with Gasteiger partial charge in [0.05, 0.1) is 13.2 Å². The highest BCUT2D eigenvalue weighted by Gasteiger charge is 2.27. The highest BCUT2D eigenvalue weighted by atomic mass is 16.7. The van der Waals surface area contributed by atoms with Crippen LogP contribution in [-0.4, -0.2) is 32.1 Å². The van der Waals surface area contributed by atoms with Crippen LogP contribution in [-0.2, 0) is 9.47 Å². The molecule has 17 heavy (non-hydrogen) atoms. The second-order valence-electron chi connectivity index (χ2n) is 5.15. The first-order valence-corrected chi connectivity index (χ1v) is 7.04. The Hall–Kier alpha value is -0.120. The van der Waals surface area contributed by atoms with E-state index in [0.29, 0.717) is 5.92 Å². The number of hydrogen-bond donors (Lipinski definition) is 1. The van der Waals surface area contributed by atoms with Gasteiger partial charge in [0.1, 0.15) is 0 Å². The smallest absolute Gasteiger partial charge is 0.162 e. The average Bonchev–Trinajstić information content (AvgIpc) is 2.27. The summed E-state index contributed by atoms with van der Waals surface area (Å²) in [4.78, 5) is 0. The molecule has 0 saturated carbocycles. The van der Waals surface area contributed by atoms with Crippen molar-refractivity contribution in [2.24, 2.45) is 5.92 Å². The molecule has 0 atom stereocenters. The lowest BCUT2D eigenvalue weighted by molar-refractivity contribution is -0.261. The van der Waals surface area contributed by atoms with Crippen LogP contribution >= 0.6 is 0 Å². The van der Waals surface area contributed by atoms with Gasteiger partial charge in [-0.05, 0) is 26.8 Å². The topological polar surface area (TPSA) is 30.5 Å². The molecule has 1 saturated heterocycles. The van der Waals surface area contributed by atoms with Crippen molar-refractivity contribution in [3.05, 3.63) is 0 Å². The van der Waals surface area contributed by atoms with Crippen molar-refractivity contribution in [1.82, 2.24) is 5.32 Å². The third kappa shape index (κ3) is 9.57. The van der Waals surface area contributed by atoms with E-state index in [-0.39, 0.29) is 5.79 Å². The molecule has 0 spiro atoms. The fraction of sp³-hybridized carbons (Fsp3) is 1.00. The second-order valence-corrected chi connectivity index (χ2v) is 5.15. The first kappa shape index (κ1) is 16.9. The van der Waals surface area contributed by atoms with E-state index in [1.807, 2.05) is 13.8 Å². The maximum Gasteiger partial charge on any atom is 0.162 e. The Labute approximate surface area is 107 Å². The van der Waals surface area contributed by atoms with Gasteiger partial charge < -0.3 is 14.8 Å². The molecular formula is C14H31NO2. The SMILES string of the molecule is CCC.CCCCNCC1COC(C)(C)OC1. The molecule has 3 heteroatoms. The normalized spacial score (nSPS) is 19.6. The molecular weight excluding hydrogens is 214 g/mol. The number of ether oxygens (including phenoxy) is 2. The molecule has 1 N–H and O–H groups in total. The van der Waals surface area contributed by atoms with Crippen molar-refractivity contribution in [2.75, 3.05) is 26.3 Å². The Bertz CT molecular complexity index is 162. The van der Waals surface area contributed by atoms with Gasteiger partial charge in [-0.2, -0.15) is 0 Å². The maximum atomic E-state index is 5.57. The van der Waals surface area contributed by atoms with Crippen molar-refractivity contribution in [1.29, 1.82) is 0 Å². The molecule has 1 rings (SSSR count). The molecule has 0 unspecified atom stereocenters. The van der Waals surface area contributed by atoms with Gasteiger partial charge in [-0.3, -0.25) is 0 Å². The van der Waals surface area contributed by atoms with Gasteiger partial charge in [-0.25, -0.2) is 0 Å². The van der Waals surface area contributed by atoms with Crippen molar-refractivity contribution >= 4 is 0 Å². The molecule has 1 fully saturated rings. The van der Waals surface area contributed by atoms with Gasteiger partial charge >= 0.3 is 0 Å². The second kappa shape index (κ2) is 9.86. The number of unbranched alkanes of at least 4 members (excludes halogenated alkanes) is 1. The molecule has 0 aliphatic carbocycles. The summed E-state index contributed by atoms with van der Waals surface area (Å²) < 4.78 is 11.1. The number of rotatable bonds is 5. The molecule has 104 valence electrons. The summed E-state index contributed by atoms with van der Waals surface area (Å²) in [5, 5.41) is 3.42. The van der Waals surface area contributed by atoms with Crippen LogP contribution in [0.15, 0.2) is 0 Å². The Morgan fingerprint density at radius 3 is 2.12 bits per heavy atom. The summed E-state index contributed by atoms with van der Waals surface area (Å²) in [6.45, 7) is 14.1. The Balaban J connectivity index is 0.000000770. The third-order valence-corrected chi connectivity index (χ3v) is 2.47. The monoisotopic (exact) mass is 245 g/mol. The van der Waals surface area contributed by atoms with Crippen molar-refractivity contribution in [3.63, 3.8) is 0 Å². The molecule has 0 aromatic heterocycles. The largest absolute Gasteiger partial charge is 0.350 e. The average molecular weight is 245 g/mol. The Morgan fingerprint density at radius 1 is 1.12 bits per heavy atom. The number of hydrogen-bond acceptors (Lipinski definition) is 3. The third-order valence-electron chi connectivity index (χ3n) is 2.47. The summed E-state index contributed by atoms with van der Waals surface area (Å²) in [6.07, 6.45) is 3.75. The minimum Gasteiger partial charge on any atom is -0.350 e. The van der Waals surface area contributed by atoms with Gasteiger partial charge in [0.25, 0.3) is 0 Å². The molecule has 0 bridgehead atoms. The highest BCUT2D eigenvalue weighted by molar-refractivity contribution is 4.69. The van der Waals surface area contributed by atoms with E-state index in [4.69, 9.17) is 9.47 Å². The lowest BCUT2D eigenvalue weighted by atomic mass is 10.1. The first-order valence-electron chi connectivity index (χ1n) is 7.04. The van der Waals surface area contributed by atoms with E-state index in [9.17, 15) is 0 Å². The molecule has 3 nitrogen and oxygen atoms in total. The van der Waals surface area contributed by atoms with Crippen LogP contribution < -0.4 is 5.32 Å². The summed E-state index contributed by atoms with van der Waals surface area (Å²) >= 11 is 0. The minimum atomic E-state index is -0.375. The molecule has 0 aromatic rings. The standard InChI is InChI=1S/C11H23NO2.C3H8/c1-4-5-6-12-7-10-8-13-11(2,3)14-9-10;1-3-2/h10,12H,4-9H2,1-3H3;3H2,1-2H3. The van der Waals surface area contributed by atoms with Crippen molar-refractivity contribution < 1.29 is 9.47 Å². The zero-order valence-electron chi connectivity index (χ0n) is 12.3. The molecule has 0 amide bonds. The maximum absolute atomic E-state index is 5.57. The minimum absolute atomic E-state index is 0.375. The summed E-state index contributed by atoms with van der Waals surface area (Å²) in [5.74, 6) is 0.139. The Morgan fingerprint density at radius 2 is 1.65 bits per heavy atom. The fourth-order valence-corrected chi connectivity index (χ4v) is 1.45. The van der Waals surface area contributed by atoms with E-state index < -0.39 is 0 Å². The zero-order valence-corrected chi connectivity index (χ0v) is 12.3. The van der Waals surface area contributed by atoms with Gasteiger partial charge in [-0.1, -0.05) is 33.6 Å². The van der Waals surface area contributed by atoms with Gasteiger partial charge in [0.15, 0.2) is 5.79 Å². The predicted molar refractivity (Wildman–Crippen MR) is 73.2 cm³/mol. The van der Waals surface area contributed by atoms with Crippen LogP contribution in [0.5, 0.6) is 0 Å². The molecule has 1 heterocycles. The van der Waals surface area contributed by atoms with E-state index in [0.717, 1.165) is 26.3 Å². The lowest BCUT2D eigenvalue weighted by Gasteiger charge is -2.35. The summed E-state index contributed by atoms with van der Waals surface area (Å²) in [6, 6.07) is 0. The molecule has 0 aromatic carbocycles. The van der Waals surface area contributed by atoms with Crippen molar-refractivity contribution in [3.8, 4) is 0 Å². The van der Waals surface area contributed by atoms with E-state index >= 15 is 0 Å². The number of nitrogens with one attached hydrogen (secondary N) is 1. The molecule has 0 radical (unpaired) electrons. The van der Waals surface area contributed by atoms with Crippen LogP contribution in [0, 0.1) is 5.92 Å². The summed E-state index contributed by atoms with van der Waals surface area (Å²) in [7, 11) is 0. The molecule has 1 aliphatic heterocycles. The quantitative estimate of drug-likeness (QED) is 0.755. The van der Waals surface area contributed by atoms with Crippen LogP contribution in [0.25, 0.3) is 0 Å². The van der Waals surface area contributed by atoms with E-state index in [2.05, 4.69) is 26.1 Å². The summed E-state index contributed by atoms with van der Waals surface area (Å²) in [5.41, 5.74) is 0. The van der Waals surface area contributed by atoms with Crippen LogP contribution in [0.2, 0.25) is 0 Å². The Kier molecular flexibility index (Phi) is 9.79. The van der Waals surface area contributed by atoms with E-state index in [1.54, 1.807) is 0 Å². The van der Waals surface area contributed by atoms with Gasteiger partial charge in [0, 0.05) is 12.5 Å².